The van der Waals surface area contributed by atoms with Gasteiger partial charge in [-0.1, -0.05) is 59.6 Å². The van der Waals surface area contributed by atoms with Crippen molar-refractivity contribution >= 4 is 40.0 Å². The van der Waals surface area contributed by atoms with E-state index in [2.05, 4.69) is 0 Å². The van der Waals surface area contributed by atoms with E-state index < -0.39 is 0 Å². The number of benzene rings is 2. The average Bonchev–Trinajstić information content (AvgIpc) is 2.44. The summed E-state index contributed by atoms with van der Waals surface area (Å²) in [7, 11) is 0. The standard InChI is InChI=1S/C16H13Cl3O/c17-14-8-6-12(10-15(14)18)13(7-9-16(19)20)11-4-2-1-3-5-11/h1-6,8,10,13H,7,9H2. The van der Waals surface area contributed by atoms with Crippen molar-refractivity contribution in [3.05, 3.63) is 69.7 Å². The second kappa shape index (κ2) is 7.12. The van der Waals surface area contributed by atoms with Gasteiger partial charge in [-0.05, 0) is 41.3 Å². The van der Waals surface area contributed by atoms with Gasteiger partial charge in [-0.2, -0.15) is 0 Å². The molecule has 0 spiro atoms. The smallest absolute Gasteiger partial charge is 0.221 e. The molecule has 0 aromatic heterocycles. The fraction of sp³-hybridized carbons (Fsp3) is 0.188. The molecule has 0 aliphatic rings. The van der Waals surface area contributed by atoms with Crippen molar-refractivity contribution in [1.29, 1.82) is 0 Å². The van der Waals surface area contributed by atoms with Gasteiger partial charge in [0.05, 0.1) is 10.0 Å². The van der Waals surface area contributed by atoms with Gasteiger partial charge < -0.3 is 0 Å². The molecular weight excluding hydrogens is 315 g/mol. The number of rotatable bonds is 5. The van der Waals surface area contributed by atoms with Crippen molar-refractivity contribution in [3.8, 4) is 0 Å². The van der Waals surface area contributed by atoms with Gasteiger partial charge >= 0.3 is 0 Å². The van der Waals surface area contributed by atoms with Crippen molar-refractivity contribution in [2.45, 2.75) is 18.8 Å². The maximum absolute atomic E-state index is 11.1. The summed E-state index contributed by atoms with van der Waals surface area (Å²) in [6, 6.07) is 15.5. The van der Waals surface area contributed by atoms with E-state index in [0.717, 1.165) is 11.1 Å². The third kappa shape index (κ3) is 3.99. The van der Waals surface area contributed by atoms with Crippen LogP contribution in [0.1, 0.15) is 29.9 Å². The number of carbonyl (C=O) groups is 1. The van der Waals surface area contributed by atoms with Crippen LogP contribution < -0.4 is 0 Å². The van der Waals surface area contributed by atoms with Crippen molar-refractivity contribution < 1.29 is 4.79 Å². The van der Waals surface area contributed by atoms with Crippen LogP contribution in [0.4, 0.5) is 0 Å². The zero-order chi connectivity index (χ0) is 14.5. The second-order valence-corrected chi connectivity index (χ2v) is 5.77. The minimum Gasteiger partial charge on any atom is -0.281 e. The molecule has 0 amide bonds. The number of hydrogen-bond donors (Lipinski definition) is 0. The lowest BCUT2D eigenvalue weighted by Gasteiger charge is -2.18. The average molecular weight is 328 g/mol. The third-order valence-corrected chi connectivity index (χ3v) is 4.11. The van der Waals surface area contributed by atoms with E-state index in [1.807, 2.05) is 42.5 Å². The van der Waals surface area contributed by atoms with Crippen LogP contribution in [0.5, 0.6) is 0 Å². The quantitative estimate of drug-likeness (QED) is 0.646. The zero-order valence-corrected chi connectivity index (χ0v) is 12.9. The SMILES string of the molecule is O=C(Cl)CCC(c1ccccc1)c1ccc(Cl)c(Cl)c1. The molecule has 0 heterocycles. The minimum absolute atomic E-state index is 0.0775. The molecule has 4 heteroatoms. The molecule has 2 aromatic carbocycles. The summed E-state index contributed by atoms with van der Waals surface area (Å²) < 4.78 is 0. The zero-order valence-electron chi connectivity index (χ0n) is 10.7. The highest BCUT2D eigenvalue weighted by molar-refractivity contribution is 6.63. The maximum Gasteiger partial charge on any atom is 0.221 e. The number of hydrogen-bond acceptors (Lipinski definition) is 1. The van der Waals surface area contributed by atoms with E-state index in [0.29, 0.717) is 22.9 Å². The number of halogens is 3. The summed E-state index contributed by atoms with van der Waals surface area (Å²) in [4.78, 5) is 11.1. The van der Waals surface area contributed by atoms with Gasteiger partial charge in [0.15, 0.2) is 0 Å². The van der Waals surface area contributed by atoms with Gasteiger partial charge in [-0.15, -0.1) is 0 Å². The van der Waals surface area contributed by atoms with Gasteiger partial charge in [-0.3, -0.25) is 4.79 Å². The highest BCUT2D eigenvalue weighted by atomic mass is 35.5. The number of carbonyl (C=O) groups excluding carboxylic acids is 1. The predicted octanol–water partition coefficient (Wildman–Crippen LogP) is 5.67. The Morgan fingerprint density at radius 2 is 1.65 bits per heavy atom. The fourth-order valence-electron chi connectivity index (χ4n) is 2.20. The van der Waals surface area contributed by atoms with Gasteiger partial charge in [-0.25, -0.2) is 0 Å². The summed E-state index contributed by atoms with van der Waals surface area (Å²) in [6.07, 6.45) is 0.964. The molecule has 0 fully saturated rings. The van der Waals surface area contributed by atoms with Gasteiger partial charge in [0.1, 0.15) is 0 Å². The highest BCUT2D eigenvalue weighted by Crippen LogP contribution is 2.33. The topological polar surface area (TPSA) is 17.1 Å². The fourth-order valence-corrected chi connectivity index (χ4v) is 2.61. The molecule has 0 N–H and O–H groups in total. The largest absolute Gasteiger partial charge is 0.281 e. The molecule has 104 valence electrons. The first-order valence-corrected chi connectivity index (χ1v) is 7.39. The Balaban J connectivity index is 2.35. The van der Waals surface area contributed by atoms with Crippen molar-refractivity contribution in [2.24, 2.45) is 0 Å². The van der Waals surface area contributed by atoms with Crippen LogP contribution in [0.3, 0.4) is 0 Å². The highest BCUT2D eigenvalue weighted by Gasteiger charge is 2.16. The first kappa shape index (κ1) is 15.4. The van der Waals surface area contributed by atoms with E-state index in [1.54, 1.807) is 6.07 Å². The summed E-state index contributed by atoms with van der Waals surface area (Å²) in [5.74, 6) is 0.0775. The lowest BCUT2D eigenvalue weighted by atomic mass is 9.88. The molecule has 0 aliphatic heterocycles. The van der Waals surface area contributed by atoms with E-state index in [-0.39, 0.29) is 11.2 Å². The van der Waals surface area contributed by atoms with Crippen LogP contribution in [0.2, 0.25) is 10.0 Å². The van der Waals surface area contributed by atoms with Crippen molar-refractivity contribution in [1.82, 2.24) is 0 Å². The van der Waals surface area contributed by atoms with Crippen LogP contribution in [-0.2, 0) is 4.79 Å². The van der Waals surface area contributed by atoms with E-state index >= 15 is 0 Å². The van der Waals surface area contributed by atoms with Crippen LogP contribution in [-0.4, -0.2) is 5.24 Å². The maximum atomic E-state index is 11.1. The van der Waals surface area contributed by atoms with Crippen LogP contribution in [0.25, 0.3) is 0 Å². The lowest BCUT2D eigenvalue weighted by Crippen LogP contribution is -2.03. The minimum atomic E-state index is -0.328. The Kier molecular flexibility index (Phi) is 5.47. The Hall–Kier alpha value is -1.02. The van der Waals surface area contributed by atoms with Crippen LogP contribution >= 0.6 is 34.8 Å². The molecule has 0 bridgehead atoms. The normalized spacial score (nSPS) is 12.2. The molecule has 20 heavy (non-hydrogen) atoms. The molecule has 1 atom stereocenters. The van der Waals surface area contributed by atoms with Crippen molar-refractivity contribution in [3.63, 3.8) is 0 Å². The van der Waals surface area contributed by atoms with E-state index in [4.69, 9.17) is 34.8 Å². The molecule has 2 rings (SSSR count). The van der Waals surface area contributed by atoms with Crippen molar-refractivity contribution in [2.75, 3.05) is 0 Å². The Morgan fingerprint density at radius 3 is 2.25 bits per heavy atom. The molecular formula is C16H13Cl3O. The lowest BCUT2D eigenvalue weighted by molar-refractivity contribution is -0.111. The van der Waals surface area contributed by atoms with E-state index in [9.17, 15) is 4.79 Å². The van der Waals surface area contributed by atoms with Crippen LogP contribution in [0.15, 0.2) is 48.5 Å². The Labute approximate surface area is 133 Å². The Morgan fingerprint density at radius 1 is 0.950 bits per heavy atom. The summed E-state index contributed by atoms with van der Waals surface area (Å²) in [5, 5.41) is 0.712. The molecule has 0 aliphatic carbocycles. The monoisotopic (exact) mass is 326 g/mol. The molecule has 0 saturated carbocycles. The van der Waals surface area contributed by atoms with Gasteiger partial charge in [0, 0.05) is 12.3 Å². The van der Waals surface area contributed by atoms with Crippen LogP contribution in [0, 0.1) is 0 Å². The second-order valence-electron chi connectivity index (χ2n) is 4.53. The first-order chi connectivity index (χ1) is 9.58. The summed E-state index contributed by atoms with van der Waals surface area (Å²) >= 11 is 17.5. The molecule has 1 unspecified atom stereocenters. The third-order valence-electron chi connectivity index (χ3n) is 3.18. The van der Waals surface area contributed by atoms with E-state index in [1.165, 1.54) is 0 Å². The summed E-state index contributed by atoms with van der Waals surface area (Å²) in [6.45, 7) is 0. The first-order valence-electron chi connectivity index (χ1n) is 6.26. The van der Waals surface area contributed by atoms with Gasteiger partial charge in [0.25, 0.3) is 0 Å². The molecule has 0 saturated heterocycles. The summed E-state index contributed by atoms with van der Waals surface area (Å²) in [5.41, 5.74) is 2.16. The molecule has 0 radical (unpaired) electrons. The predicted molar refractivity (Wildman–Crippen MR) is 84.8 cm³/mol. The Bertz CT molecular complexity index is 596. The van der Waals surface area contributed by atoms with Gasteiger partial charge in [0.2, 0.25) is 5.24 Å². The molecule has 1 nitrogen and oxygen atoms in total. The molecule has 2 aromatic rings.